The fourth-order valence-corrected chi connectivity index (χ4v) is 3.02. The third kappa shape index (κ3) is 6.32. The minimum atomic E-state index is -4.77. The van der Waals surface area contributed by atoms with Gasteiger partial charge in [0.05, 0.1) is 12.1 Å². The van der Waals surface area contributed by atoms with E-state index in [9.17, 15) is 22.8 Å². The van der Waals surface area contributed by atoms with Crippen molar-refractivity contribution in [3.05, 3.63) is 71.2 Å². The molecule has 0 aliphatic rings. The summed E-state index contributed by atoms with van der Waals surface area (Å²) >= 11 is 1.18. The van der Waals surface area contributed by atoms with Gasteiger partial charge in [-0.25, -0.2) is 4.98 Å². The summed E-state index contributed by atoms with van der Waals surface area (Å²) < 4.78 is 40.2. The van der Waals surface area contributed by atoms with Crippen LogP contribution in [0.1, 0.15) is 16.1 Å². The van der Waals surface area contributed by atoms with Gasteiger partial charge in [-0.15, -0.1) is 24.5 Å². The van der Waals surface area contributed by atoms with Gasteiger partial charge in [0, 0.05) is 16.6 Å². The van der Waals surface area contributed by atoms with Gasteiger partial charge < -0.3 is 10.1 Å². The van der Waals surface area contributed by atoms with Crippen molar-refractivity contribution in [3.8, 4) is 5.75 Å². The molecule has 2 amide bonds. The Kier molecular flexibility index (Phi) is 6.13. The molecule has 150 valence electrons. The number of nitrogens with one attached hydrogen (secondary N) is 2. The molecule has 0 aliphatic carbocycles. The second-order valence-corrected chi connectivity index (χ2v) is 6.62. The normalized spacial score (nSPS) is 11.0. The molecule has 29 heavy (non-hydrogen) atoms. The summed E-state index contributed by atoms with van der Waals surface area (Å²) in [5, 5.41) is 7.21. The number of carbonyl (C=O) groups is 2. The molecule has 10 heteroatoms. The van der Waals surface area contributed by atoms with Crippen molar-refractivity contribution in [2.24, 2.45) is 0 Å². The van der Waals surface area contributed by atoms with Crippen LogP contribution in [-0.4, -0.2) is 23.2 Å². The maximum atomic E-state index is 12.1. The van der Waals surface area contributed by atoms with Crippen LogP contribution >= 0.6 is 11.3 Å². The minimum Gasteiger partial charge on any atom is -0.406 e. The summed E-state index contributed by atoms with van der Waals surface area (Å²) in [5.41, 5.74) is 1.25. The van der Waals surface area contributed by atoms with Gasteiger partial charge in [-0.2, -0.15) is 0 Å². The van der Waals surface area contributed by atoms with E-state index in [0.29, 0.717) is 22.1 Å². The number of halogens is 3. The number of benzene rings is 2. The molecule has 3 aromatic rings. The first-order valence-corrected chi connectivity index (χ1v) is 9.13. The maximum absolute atomic E-state index is 12.1. The van der Waals surface area contributed by atoms with Crippen LogP contribution in [0.2, 0.25) is 0 Å². The van der Waals surface area contributed by atoms with Crippen LogP contribution in [0.15, 0.2) is 60.0 Å². The van der Waals surface area contributed by atoms with Crippen molar-refractivity contribution in [1.82, 2.24) is 4.98 Å². The quantitative estimate of drug-likeness (QED) is 0.615. The fourth-order valence-electron chi connectivity index (χ4n) is 2.31. The van der Waals surface area contributed by atoms with Gasteiger partial charge >= 0.3 is 6.36 Å². The van der Waals surface area contributed by atoms with E-state index < -0.39 is 12.3 Å². The number of anilines is 2. The largest absolute Gasteiger partial charge is 0.573 e. The van der Waals surface area contributed by atoms with E-state index in [-0.39, 0.29) is 18.1 Å². The highest BCUT2D eigenvalue weighted by atomic mass is 32.1. The fraction of sp³-hybridized carbons (Fsp3) is 0.105. The van der Waals surface area contributed by atoms with Crippen molar-refractivity contribution in [1.29, 1.82) is 0 Å². The summed E-state index contributed by atoms with van der Waals surface area (Å²) in [6.07, 6.45) is -4.83. The number of amides is 2. The lowest BCUT2D eigenvalue weighted by Gasteiger charge is -2.09. The van der Waals surface area contributed by atoms with Gasteiger partial charge in [-0.1, -0.05) is 18.2 Å². The third-order valence-corrected chi connectivity index (χ3v) is 4.33. The Morgan fingerprint density at radius 1 is 1.00 bits per heavy atom. The average Bonchev–Trinajstić information content (AvgIpc) is 3.09. The number of hydrogen-bond donors (Lipinski definition) is 2. The van der Waals surface area contributed by atoms with E-state index in [1.807, 2.05) is 0 Å². The van der Waals surface area contributed by atoms with Crippen molar-refractivity contribution >= 4 is 34.0 Å². The molecule has 0 bridgehead atoms. The van der Waals surface area contributed by atoms with Gasteiger partial charge in [0.25, 0.3) is 5.91 Å². The van der Waals surface area contributed by atoms with Crippen molar-refractivity contribution in [2.75, 3.05) is 10.6 Å². The zero-order valence-electron chi connectivity index (χ0n) is 14.7. The lowest BCUT2D eigenvalue weighted by atomic mass is 10.2. The minimum absolute atomic E-state index is 0.0570. The lowest BCUT2D eigenvalue weighted by molar-refractivity contribution is -0.274. The van der Waals surface area contributed by atoms with Crippen LogP contribution in [0.3, 0.4) is 0 Å². The molecule has 0 fully saturated rings. The number of nitrogens with zero attached hydrogens (tertiary/aromatic N) is 1. The molecule has 1 heterocycles. The van der Waals surface area contributed by atoms with E-state index in [0.717, 1.165) is 12.1 Å². The highest BCUT2D eigenvalue weighted by molar-refractivity contribution is 7.14. The van der Waals surface area contributed by atoms with Crippen LogP contribution in [0.5, 0.6) is 5.75 Å². The van der Waals surface area contributed by atoms with E-state index >= 15 is 0 Å². The van der Waals surface area contributed by atoms with E-state index in [1.54, 1.807) is 35.7 Å². The van der Waals surface area contributed by atoms with Crippen LogP contribution in [0.25, 0.3) is 0 Å². The molecule has 0 aliphatic heterocycles. The molecule has 6 nitrogen and oxygen atoms in total. The molecule has 2 aromatic carbocycles. The summed E-state index contributed by atoms with van der Waals surface area (Å²) in [4.78, 5) is 28.4. The summed E-state index contributed by atoms with van der Waals surface area (Å²) in [7, 11) is 0. The SMILES string of the molecule is O=C(Cc1csc(NC(=O)c2ccccc2)n1)Nc1ccc(OC(F)(F)F)cc1. The first kappa shape index (κ1) is 20.3. The Hall–Kier alpha value is -3.40. The Bertz CT molecular complexity index is 989. The Morgan fingerprint density at radius 3 is 2.34 bits per heavy atom. The maximum Gasteiger partial charge on any atom is 0.573 e. The van der Waals surface area contributed by atoms with Crippen molar-refractivity contribution < 1.29 is 27.5 Å². The van der Waals surface area contributed by atoms with Gasteiger partial charge in [0.2, 0.25) is 5.91 Å². The summed E-state index contributed by atoms with van der Waals surface area (Å²) in [6, 6.07) is 13.4. The van der Waals surface area contributed by atoms with E-state index in [2.05, 4.69) is 20.4 Å². The Balaban J connectivity index is 1.53. The van der Waals surface area contributed by atoms with Gasteiger partial charge in [-0.3, -0.25) is 14.9 Å². The molecule has 0 saturated heterocycles. The van der Waals surface area contributed by atoms with Crippen LogP contribution < -0.4 is 15.4 Å². The molecule has 0 atom stereocenters. The van der Waals surface area contributed by atoms with E-state index in [1.165, 1.54) is 23.5 Å². The highest BCUT2D eigenvalue weighted by Crippen LogP contribution is 2.24. The molecule has 3 rings (SSSR count). The number of carbonyl (C=O) groups excluding carboxylic acids is 2. The predicted molar refractivity (Wildman–Crippen MR) is 102 cm³/mol. The Labute approximate surface area is 167 Å². The third-order valence-electron chi connectivity index (χ3n) is 3.52. The number of thiazole rings is 1. The standard InChI is InChI=1S/C19H14F3N3O3S/c20-19(21,22)28-15-8-6-13(7-9-15)23-16(26)10-14-11-29-18(24-14)25-17(27)12-4-2-1-3-5-12/h1-9,11H,10H2,(H,23,26)(H,24,25,27). The molecule has 0 radical (unpaired) electrons. The first-order valence-electron chi connectivity index (χ1n) is 8.25. The van der Waals surface area contributed by atoms with Gasteiger partial charge in [0.15, 0.2) is 5.13 Å². The molecular formula is C19H14F3N3O3S. The van der Waals surface area contributed by atoms with Crippen LogP contribution in [0, 0.1) is 0 Å². The highest BCUT2D eigenvalue weighted by Gasteiger charge is 2.30. The van der Waals surface area contributed by atoms with Crippen LogP contribution in [-0.2, 0) is 11.2 Å². The van der Waals surface area contributed by atoms with Crippen molar-refractivity contribution in [2.45, 2.75) is 12.8 Å². The molecule has 2 N–H and O–H groups in total. The number of alkyl halides is 3. The smallest absolute Gasteiger partial charge is 0.406 e. The first-order chi connectivity index (χ1) is 13.8. The molecule has 0 saturated carbocycles. The molecule has 0 spiro atoms. The average molecular weight is 421 g/mol. The molecule has 1 aromatic heterocycles. The number of hydrogen-bond acceptors (Lipinski definition) is 5. The van der Waals surface area contributed by atoms with E-state index in [4.69, 9.17) is 0 Å². The monoisotopic (exact) mass is 421 g/mol. The number of aromatic nitrogens is 1. The van der Waals surface area contributed by atoms with Gasteiger partial charge in [-0.05, 0) is 36.4 Å². The summed E-state index contributed by atoms with van der Waals surface area (Å²) in [6.45, 7) is 0. The second-order valence-electron chi connectivity index (χ2n) is 5.76. The zero-order valence-corrected chi connectivity index (χ0v) is 15.5. The lowest BCUT2D eigenvalue weighted by Crippen LogP contribution is -2.17. The van der Waals surface area contributed by atoms with Gasteiger partial charge in [0.1, 0.15) is 5.75 Å². The molecular weight excluding hydrogens is 407 g/mol. The van der Waals surface area contributed by atoms with Crippen LogP contribution in [0.4, 0.5) is 24.0 Å². The summed E-state index contributed by atoms with van der Waals surface area (Å²) in [5.74, 6) is -1.09. The topological polar surface area (TPSA) is 80.3 Å². The zero-order chi connectivity index (χ0) is 20.9. The number of ether oxygens (including phenoxy) is 1. The molecule has 0 unspecified atom stereocenters. The number of rotatable bonds is 6. The van der Waals surface area contributed by atoms with Crippen molar-refractivity contribution in [3.63, 3.8) is 0 Å². The Morgan fingerprint density at radius 2 is 1.69 bits per heavy atom. The second kappa shape index (κ2) is 8.74. The predicted octanol–water partition coefficient (Wildman–Crippen LogP) is 4.48.